The van der Waals surface area contributed by atoms with Crippen LogP contribution < -0.4 is 10.1 Å². The van der Waals surface area contributed by atoms with Gasteiger partial charge >= 0.3 is 0 Å². The van der Waals surface area contributed by atoms with Crippen LogP contribution in [0.2, 0.25) is 0 Å². The molecule has 0 bridgehead atoms. The monoisotopic (exact) mass is 391 g/mol. The van der Waals surface area contributed by atoms with Gasteiger partial charge in [-0.2, -0.15) is 0 Å². The third-order valence-corrected chi connectivity index (χ3v) is 5.42. The third kappa shape index (κ3) is 4.74. The average molecular weight is 392 g/mol. The van der Waals surface area contributed by atoms with E-state index in [1.165, 1.54) is 0 Å². The van der Waals surface area contributed by atoms with Crippen LogP contribution in [0.3, 0.4) is 0 Å². The molecule has 0 aliphatic heterocycles. The van der Waals surface area contributed by atoms with Crippen LogP contribution in [0.25, 0.3) is 10.9 Å². The van der Waals surface area contributed by atoms with Gasteiger partial charge in [-0.25, -0.2) is 0 Å². The molecule has 0 aliphatic carbocycles. The number of methoxy groups -OCH3 is 1. The van der Waals surface area contributed by atoms with E-state index in [0.29, 0.717) is 13.0 Å². The van der Waals surface area contributed by atoms with Gasteiger partial charge in [0.1, 0.15) is 5.75 Å². The molecule has 152 valence electrons. The van der Waals surface area contributed by atoms with E-state index >= 15 is 0 Å². The summed E-state index contributed by atoms with van der Waals surface area (Å²) < 4.78 is 5.34. The number of fused-ring (bicyclic) bond motifs is 1. The molecule has 0 saturated heterocycles. The number of nitrogens with zero attached hydrogens (tertiary/aromatic N) is 2. The average Bonchev–Trinajstić information content (AvgIpc) is 2.71. The number of nitrogens with one attached hydrogen (secondary N) is 1. The summed E-state index contributed by atoms with van der Waals surface area (Å²) in [5.41, 5.74) is 5.12. The molecule has 3 rings (SSSR count). The smallest absolute Gasteiger partial charge is 0.224 e. The molecule has 5 nitrogen and oxygen atoms in total. The van der Waals surface area contributed by atoms with E-state index in [2.05, 4.69) is 34.3 Å². The molecule has 1 unspecified atom stereocenters. The van der Waals surface area contributed by atoms with Gasteiger partial charge in [0.15, 0.2) is 0 Å². The highest BCUT2D eigenvalue weighted by atomic mass is 16.5. The minimum Gasteiger partial charge on any atom is -0.497 e. The Morgan fingerprint density at radius 1 is 1.14 bits per heavy atom. The minimum absolute atomic E-state index is 0.00280. The molecule has 0 radical (unpaired) electrons. The van der Waals surface area contributed by atoms with Gasteiger partial charge in [0.2, 0.25) is 5.91 Å². The molecule has 3 aromatic rings. The summed E-state index contributed by atoms with van der Waals surface area (Å²) >= 11 is 0. The van der Waals surface area contributed by atoms with Gasteiger partial charge in [0.05, 0.1) is 25.1 Å². The number of hydrogen-bond acceptors (Lipinski definition) is 4. The Hall–Kier alpha value is -2.92. The molecule has 0 aliphatic rings. The molecule has 2 aromatic carbocycles. The fraction of sp³-hybridized carbons (Fsp3) is 0.333. The number of benzene rings is 2. The van der Waals surface area contributed by atoms with Crippen molar-refractivity contribution in [2.75, 3.05) is 27.7 Å². The van der Waals surface area contributed by atoms with Gasteiger partial charge < -0.3 is 15.0 Å². The Kier molecular flexibility index (Phi) is 6.49. The molecule has 0 fully saturated rings. The molecule has 1 N–H and O–H groups in total. The number of para-hydroxylation sites is 1. The number of likely N-dealkylation sites (N-methyl/N-ethyl adjacent to an activating group) is 1. The van der Waals surface area contributed by atoms with E-state index in [9.17, 15) is 4.79 Å². The van der Waals surface area contributed by atoms with E-state index in [1.54, 1.807) is 7.11 Å². The van der Waals surface area contributed by atoms with Crippen molar-refractivity contribution >= 4 is 16.8 Å². The molecule has 1 heterocycles. The predicted octanol–water partition coefficient (Wildman–Crippen LogP) is 3.82. The summed E-state index contributed by atoms with van der Waals surface area (Å²) in [5.74, 6) is 0.817. The lowest BCUT2D eigenvalue weighted by molar-refractivity contribution is -0.120. The molecule has 1 aromatic heterocycles. The van der Waals surface area contributed by atoms with Gasteiger partial charge in [0, 0.05) is 17.6 Å². The molecule has 0 spiro atoms. The standard InChI is InChI=1S/C24H29N3O2/c1-16-20-11-6-7-12-22(20)26-17(2)21(16)14-24(28)25-15-23(27(3)4)18-9-8-10-19(13-18)29-5/h6-13,23H,14-15H2,1-5H3,(H,25,28). The molecule has 0 saturated carbocycles. The first-order chi connectivity index (χ1) is 13.9. The van der Waals surface area contributed by atoms with Crippen molar-refractivity contribution in [2.24, 2.45) is 0 Å². The topological polar surface area (TPSA) is 54.5 Å². The largest absolute Gasteiger partial charge is 0.497 e. The second kappa shape index (κ2) is 9.05. The van der Waals surface area contributed by atoms with Crippen LogP contribution >= 0.6 is 0 Å². The van der Waals surface area contributed by atoms with E-state index < -0.39 is 0 Å². The number of pyridine rings is 1. The van der Waals surface area contributed by atoms with E-state index in [4.69, 9.17) is 4.74 Å². The van der Waals surface area contributed by atoms with Gasteiger partial charge in [-0.3, -0.25) is 9.78 Å². The lowest BCUT2D eigenvalue weighted by Crippen LogP contribution is -2.35. The summed E-state index contributed by atoms with van der Waals surface area (Å²) in [7, 11) is 5.68. The summed E-state index contributed by atoms with van der Waals surface area (Å²) in [4.78, 5) is 19.5. The predicted molar refractivity (Wildman–Crippen MR) is 117 cm³/mol. The van der Waals surface area contributed by atoms with Crippen LogP contribution in [0.4, 0.5) is 0 Å². The number of carbonyl (C=O) groups excluding carboxylic acids is 1. The van der Waals surface area contributed by atoms with Crippen molar-refractivity contribution in [3.05, 3.63) is 70.9 Å². The third-order valence-electron chi connectivity index (χ3n) is 5.42. The Balaban J connectivity index is 1.74. The van der Waals surface area contributed by atoms with Crippen molar-refractivity contribution in [3.63, 3.8) is 0 Å². The zero-order valence-corrected chi connectivity index (χ0v) is 17.8. The zero-order chi connectivity index (χ0) is 21.0. The van der Waals surface area contributed by atoms with Crippen LogP contribution in [0.15, 0.2) is 48.5 Å². The number of hydrogen-bond donors (Lipinski definition) is 1. The maximum absolute atomic E-state index is 12.8. The van der Waals surface area contributed by atoms with Crippen LogP contribution in [0.5, 0.6) is 5.75 Å². The summed E-state index contributed by atoms with van der Waals surface area (Å²) in [6, 6.07) is 16.1. The van der Waals surface area contributed by atoms with E-state index in [-0.39, 0.29) is 11.9 Å². The Labute approximate surface area is 172 Å². The van der Waals surface area contributed by atoms with Crippen LogP contribution in [-0.4, -0.2) is 43.5 Å². The molecule has 29 heavy (non-hydrogen) atoms. The number of carbonyl (C=O) groups is 1. The highest BCUT2D eigenvalue weighted by Crippen LogP contribution is 2.24. The Morgan fingerprint density at radius 2 is 1.90 bits per heavy atom. The van der Waals surface area contributed by atoms with Crippen molar-refractivity contribution < 1.29 is 9.53 Å². The number of ether oxygens (including phenoxy) is 1. The number of aromatic nitrogens is 1. The Bertz CT molecular complexity index is 1010. The number of rotatable bonds is 7. The maximum Gasteiger partial charge on any atom is 0.224 e. The first-order valence-electron chi connectivity index (χ1n) is 9.82. The van der Waals surface area contributed by atoms with Gasteiger partial charge in [-0.1, -0.05) is 30.3 Å². The Morgan fingerprint density at radius 3 is 2.62 bits per heavy atom. The van der Waals surface area contributed by atoms with Crippen LogP contribution in [0.1, 0.15) is 28.4 Å². The first kappa shape index (κ1) is 20.8. The molecule has 1 amide bonds. The lowest BCUT2D eigenvalue weighted by Gasteiger charge is -2.25. The molecular weight excluding hydrogens is 362 g/mol. The first-order valence-corrected chi connectivity index (χ1v) is 9.82. The second-order valence-corrected chi connectivity index (χ2v) is 7.55. The zero-order valence-electron chi connectivity index (χ0n) is 17.8. The van der Waals surface area contributed by atoms with Crippen molar-refractivity contribution in [3.8, 4) is 5.75 Å². The van der Waals surface area contributed by atoms with Crippen LogP contribution in [0, 0.1) is 13.8 Å². The number of amides is 1. The van der Waals surface area contributed by atoms with Gasteiger partial charge in [-0.05, 0) is 62.8 Å². The highest BCUT2D eigenvalue weighted by Gasteiger charge is 2.18. The van der Waals surface area contributed by atoms with Crippen molar-refractivity contribution in [1.82, 2.24) is 15.2 Å². The summed E-state index contributed by atoms with van der Waals surface area (Å²) in [5, 5.41) is 4.20. The lowest BCUT2D eigenvalue weighted by atomic mass is 9.99. The van der Waals surface area contributed by atoms with E-state index in [1.807, 2.05) is 57.4 Å². The van der Waals surface area contributed by atoms with Crippen molar-refractivity contribution in [1.29, 1.82) is 0 Å². The van der Waals surface area contributed by atoms with Gasteiger partial charge in [-0.15, -0.1) is 0 Å². The van der Waals surface area contributed by atoms with Crippen LogP contribution in [-0.2, 0) is 11.2 Å². The second-order valence-electron chi connectivity index (χ2n) is 7.55. The summed E-state index contributed by atoms with van der Waals surface area (Å²) in [6.45, 7) is 4.57. The fourth-order valence-corrected chi connectivity index (χ4v) is 3.71. The number of aryl methyl sites for hydroxylation is 2. The fourth-order valence-electron chi connectivity index (χ4n) is 3.71. The molecular formula is C24H29N3O2. The maximum atomic E-state index is 12.8. The van der Waals surface area contributed by atoms with Gasteiger partial charge in [0.25, 0.3) is 0 Å². The quantitative estimate of drug-likeness (QED) is 0.665. The normalized spacial score (nSPS) is 12.2. The highest BCUT2D eigenvalue weighted by molar-refractivity contribution is 5.86. The van der Waals surface area contributed by atoms with E-state index in [0.717, 1.165) is 39.0 Å². The minimum atomic E-state index is 0.00280. The van der Waals surface area contributed by atoms with Crippen molar-refractivity contribution in [2.45, 2.75) is 26.3 Å². The molecule has 1 atom stereocenters. The summed E-state index contributed by atoms with van der Waals surface area (Å²) in [6.07, 6.45) is 0.327. The SMILES string of the molecule is COc1cccc(C(CNC(=O)Cc2c(C)nc3ccccc3c2C)N(C)C)c1. The molecule has 5 heteroatoms.